The summed E-state index contributed by atoms with van der Waals surface area (Å²) in [6.45, 7) is 0.104. The van der Waals surface area contributed by atoms with E-state index in [4.69, 9.17) is 19.7 Å². The number of aromatic nitrogens is 1. The summed E-state index contributed by atoms with van der Waals surface area (Å²) >= 11 is 0. The highest BCUT2D eigenvalue weighted by molar-refractivity contribution is 5.63. The van der Waals surface area contributed by atoms with E-state index in [2.05, 4.69) is 5.16 Å². The molecule has 1 aromatic carbocycles. The Morgan fingerprint density at radius 3 is 2.72 bits per heavy atom. The zero-order valence-corrected chi connectivity index (χ0v) is 10.1. The molecule has 2 N–H and O–H groups in total. The van der Waals surface area contributed by atoms with Gasteiger partial charge in [-0.15, -0.1) is 0 Å². The second-order valence-corrected chi connectivity index (χ2v) is 3.66. The van der Waals surface area contributed by atoms with Crippen molar-refractivity contribution in [1.29, 1.82) is 0 Å². The lowest BCUT2D eigenvalue weighted by Gasteiger charge is -2.10. The SMILES string of the molecule is COCc1c(OC)ccc(-c2cc(N)no2)c1F. The van der Waals surface area contributed by atoms with Crippen LogP contribution in [0, 0.1) is 5.82 Å². The molecule has 0 bridgehead atoms. The van der Waals surface area contributed by atoms with Gasteiger partial charge < -0.3 is 19.7 Å². The third kappa shape index (κ3) is 2.14. The van der Waals surface area contributed by atoms with E-state index in [1.54, 1.807) is 12.1 Å². The molecule has 0 saturated carbocycles. The van der Waals surface area contributed by atoms with E-state index in [0.717, 1.165) is 0 Å². The average molecular weight is 252 g/mol. The minimum Gasteiger partial charge on any atom is -0.496 e. The van der Waals surface area contributed by atoms with Crippen LogP contribution in [0.5, 0.6) is 5.75 Å². The standard InChI is InChI=1S/C12H13FN2O3/c1-16-6-8-9(17-2)4-3-7(12(8)13)10-5-11(14)15-18-10/h3-5H,6H2,1-2H3,(H2,14,15). The van der Waals surface area contributed by atoms with E-state index >= 15 is 0 Å². The Labute approximate surface area is 103 Å². The van der Waals surface area contributed by atoms with Gasteiger partial charge in [-0.1, -0.05) is 5.16 Å². The quantitative estimate of drug-likeness (QED) is 0.903. The fourth-order valence-electron chi connectivity index (χ4n) is 1.68. The van der Waals surface area contributed by atoms with Crippen molar-refractivity contribution in [3.8, 4) is 17.1 Å². The number of rotatable bonds is 4. The van der Waals surface area contributed by atoms with Crippen molar-refractivity contribution < 1.29 is 18.4 Å². The van der Waals surface area contributed by atoms with Gasteiger partial charge in [0.15, 0.2) is 11.6 Å². The molecule has 1 aromatic heterocycles. The Hall–Kier alpha value is -2.08. The Morgan fingerprint density at radius 1 is 1.39 bits per heavy atom. The van der Waals surface area contributed by atoms with Crippen LogP contribution in [0.3, 0.4) is 0 Å². The smallest absolute Gasteiger partial charge is 0.172 e. The molecule has 2 rings (SSSR count). The number of benzene rings is 1. The summed E-state index contributed by atoms with van der Waals surface area (Å²) in [5.41, 5.74) is 6.04. The van der Waals surface area contributed by atoms with Gasteiger partial charge in [-0.25, -0.2) is 4.39 Å². The second kappa shape index (κ2) is 5.05. The van der Waals surface area contributed by atoms with Crippen molar-refractivity contribution in [3.63, 3.8) is 0 Å². The van der Waals surface area contributed by atoms with Crippen LogP contribution in [0.25, 0.3) is 11.3 Å². The number of nitrogens with zero attached hydrogens (tertiary/aromatic N) is 1. The van der Waals surface area contributed by atoms with Crippen molar-refractivity contribution in [1.82, 2.24) is 5.16 Å². The van der Waals surface area contributed by atoms with Gasteiger partial charge in [0.1, 0.15) is 11.6 Å². The van der Waals surface area contributed by atoms with Crippen LogP contribution in [0.1, 0.15) is 5.56 Å². The first-order valence-corrected chi connectivity index (χ1v) is 5.24. The molecule has 0 aliphatic rings. The van der Waals surface area contributed by atoms with Crippen molar-refractivity contribution in [2.24, 2.45) is 0 Å². The minimum absolute atomic E-state index is 0.104. The van der Waals surface area contributed by atoms with Gasteiger partial charge in [-0.3, -0.25) is 0 Å². The molecule has 0 spiro atoms. The van der Waals surface area contributed by atoms with Gasteiger partial charge >= 0.3 is 0 Å². The first-order chi connectivity index (χ1) is 8.67. The number of methoxy groups -OCH3 is 2. The maximum Gasteiger partial charge on any atom is 0.172 e. The molecule has 0 unspecified atom stereocenters. The summed E-state index contributed by atoms with van der Waals surface area (Å²) in [6.07, 6.45) is 0. The van der Waals surface area contributed by atoms with Crippen LogP contribution in [0.4, 0.5) is 10.2 Å². The summed E-state index contributed by atoms with van der Waals surface area (Å²) in [5, 5.41) is 3.53. The number of nitrogens with two attached hydrogens (primary N) is 1. The molecule has 0 radical (unpaired) electrons. The number of hydrogen-bond acceptors (Lipinski definition) is 5. The van der Waals surface area contributed by atoms with Crippen molar-refractivity contribution in [2.45, 2.75) is 6.61 Å². The lowest BCUT2D eigenvalue weighted by molar-refractivity contribution is 0.178. The van der Waals surface area contributed by atoms with Gasteiger partial charge in [0, 0.05) is 13.2 Å². The summed E-state index contributed by atoms with van der Waals surface area (Å²) in [4.78, 5) is 0. The summed E-state index contributed by atoms with van der Waals surface area (Å²) < 4.78 is 29.3. The second-order valence-electron chi connectivity index (χ2n) is 3.66. The number of hydrogen-bond donors (Lipinski definition) is 1. The lowest BCUT2D eigenvalue weighted by Crippen LogP contribution is -1.99. The third-order valence-electron chi connectivity index (χ3n) is 2.50. The molecular weight excluding hydrogens is 239 g/mol. The summed E-state index contributed by atoms with van der Waals surface area (Å²) in [7, 11) is 2.96. The highest BCUT2D eigenvalue weighted by Crippen LogP contribution is 2.31. The van der Waals surface area contributed by atoms with Crippen molar-refractivity contribution in [3.05, 3.63) is 29.6 Å². The first kappa shape index (κ1) is 12.4. The van der Waals surface area contributed by atoms with Gasteiger partial charge in [0.2, 0.25) is 0 Å². The number of nitrogen functional groups attached to an aromatic ring is 1. The van der Waals surface area contributed by atoms with Gasteiger partial charge in [0.25, 0.3) is 0 Å². The molecule has 6 heteroatoms. The van der Waals surface area contributed by atoms with Crippen molar-refractivity contribution >= 4 is 5.82 Å². The van der Waals surface area contributed by atoms with Crippen LogP contribution >= 0.6 is 0 Å². The molecule has 0 atom stereocenters. The summed E-state index contributed by atoms with van der Waals surface area (Å²) in [5.74, 6) is 0.427. The molecule has 18 heavy (non-hydrogen) atoms. The Morgan fingerprint density at radius 2 is 2.17 bits per heavy atom. The maximum atomic E-state index is 14.3. The topological polar surface area (TPSA) is 70.5 Å². The summed E-state index contributed by atoms with van der Waals surface area (Å²) in [6, 6.07) is 4.65. The van der Waals surface area contributed by atoms with E-state index in [0.29, 0.717) is 11.3 Å². The Bertz CT molecular complexity index is 554. The number of anilines is 1. The van der Waals surface area contributed by atoms with Crippen LogP contribution in [0.2, 0.25) is 0 Å². The van der Waals surface area contributed by atoms with E-state index in [1.165, 1.54) is 20.3 Å². The largest absolute Gasteiger partial charge is 0.496 e. The molecule has 0 aliphatic carbocycles. The van der Waals surface area contributed by atoms with Crippen LogP contribution in [-0.2, 0) is 11.3 Å². The highest BCUT2D eigenvalue weighted by atomic mass is 19.1. The van der Waals surface area contributed by atoms with Crippen molar-refractivity contribution in [2.75, 3.05) is 20.0 Å². The molecular formula is C12H13FN2O3. The molecule has 96 valence electrons. The zero-order valence-electron chi connectivity index (χ0n) is 10.1. The fraction of sp³-hybridized carbons (Fsp3) is 0.250. The monoisotopic (exact) mass is 252 g/mol. The Balaban J connectivity index is 2.53. The van der Waals surface area contributed by atoms with Crippen LogP contribution in [-0.4, -0.2) is 19.4 Å². The molecule has 1 heterocycles. The molecule has 2 aromatic rings. The first-order valence-electron chi connectivity index (χ1n) is 5.24. The normalized spacial score (nSPS) is 10.6. The van der Waals surface area contributed by atoms with Gasteiger partial charge in [-0.05, 0) is 12.1 Å². The predicted molar refractivity (Wildman–Crippen MR) is 63.6 cm³/mol. The van der Waals surface area contributed by atoms with Gasteiger partial charge in [-0.2, -0.15) is 0 Å². The predicted octanol–water partition coefficient (Wildman–Crippen LogP) is 2.22. The molecule has 0 aliphatic heterocycles. The van der Waals surface area contributed by atoms with E-state index < -0.39 is 5.82 Å². The maximum absolute atomic E-state index is 14.3. The number of halogens is 1. The van der Waals surface area contributed by atoms with E-state index in [-0.39, 0.29) is 23.7 Å². The minimum atomic E-state index is -0.465. The van der Waals surface area contributed by atoms with Gasteiger partial charge in [0.05, 0.1) is 24.8 Å². The van der Waals surface area contributed by atoms with Crippen LogP contribution in [0.15, 0.2) is 22.7 Å². The van der Waals surface area contributed by atoms with E-state index in [1.807, 2.05) is 0 Å². The lowest BCUT2D eigenvalue weighted by atomic mass is 10.1. The van der Waals surface area contributed by atoms with E-state index in [9.17, 15) is 4.39 Å². The van der Waals surface area contributed by atoms with Crippen LogP contribution < -0.4 is 10.5 Å². The number of ether oxygens (including phenoxy) is 2. The highest BCUT2D eigenvalue weighted by Gasteiger charge is 2.17. The Kier molecular flexibility index (Phi) is 3.47. The third-order valence-corrected chi connectivity index (χ3v) is 2.50. The molecule has 5 nitrogen and oxygen atoms in total. The zero-order chi connectivity index (χ0) is 13.1. The fourth-order valence-corrected chi connectivity index (χ4v) is 1.68. The average Bonchev–Trinajstić information content (AvgIpc) is 2.78. The molecule has 0 fully saturated rings. The molecule has 0 saturated heterocycles. The molecule has 0 amide bonds.